The molecule has 4 heterocycles. The number of primary amides is 1. The van der Waals surface area contributed by atoms with Gasteiger partial charge < -0.3 is 42.2 Å². The number of unbranched alkanes of at least 4 members (excludes halogenated alkanes) is 2. The second-order valence-corrected chi connectivity index (χ2v) is 20.5. The lowest BCUT2D eigenvalue weighted by molar-refractivity contribution is -0.144. The number of aliphatic hydroxyl groups excluding tert-OH is 1. The second kappa shape index (κ2) is 22.5. The molecule has 0 radical (unpaired) electrons. The smallest absolute Gasteiger partial charge is 0.246 e. The Bertz CT molecular complexity index is 2490. The number of aromatic nitrogens is 1. The van der Waals surface area contributed by atoms with Gasteiger partial charge in [-0.1, -0.05) is 81.8 Å². The molecule has 8 N–H and O–H groups in total. The van der Waals surface area contributed by atoms with Crippen LogP contribution < -0.4 is 37.1 Å². The number of nitrogens with zero attached hydrogens (tertiary/aromatic N) is 3. The fraction of sp³-hybridized carbons (Fsp3) is 0.481. The molecule has 1 aromatic heterocycles. The van der Waals surface area contributed by atoms with Gasteiger partial charge >= 0.3 is 0 Å². The van der Waals surface area contributed by atoms with Gasteiger partial charge in [-0.2, -0.15) is 0 Å². The number of carbonyl (C=O) groups is 6. The number of nitrogens with one attached hydrogen (secondary N) is 3. The quantitative estimate of drug-likeness (QED) is 0.0683. The summed E-state index contributed by atoms with van der Waals surface area (Å²) in [4.78, 5) is 88.1. The average molecular weight is 963 g/mol. The van der Waals surface area contributed by atoms with E-state index in [1.807, 2.05) is 99.9 Å². The maximum atomic E-state index is 14.1. The Morgan fingerprint density at radius 2 is 1.64 bits per heavy atom. The lowest BCUT2D eigenvalue weighted by Gasteiger charge is -2.35. The fourth-order valence-corrected chi connectivity index (χ4v) is 10.2. The topological polar surface area (TPSA) is 239 Å². The lowest BCUT2D eigenvalue weighted by Crippen LogP contribution is -2.57. The highest BCUT2D eigenvalue weighted by Gasteiger charge is 2.45. The highest BCUT2D eigenvalue weighted by atomic mass is 32.1. The third-order valence-electron chi connectivity index (χ3n) is 13.3. The van der Waals surface area contributed by atoms with Crippen LogP contribution in [0.2, 0.25) is 0 Å². The number of aliphatic hydroxyl groups is 1. The molecule has 0 bridgehead atoms. The molecule has 17 heteroatoms. The van der Waals surface area contributed by atoms with Crippen molar-refractivity contribution in [2.24, 2.45) is 16.9 Å². The Balaban J connectivity index is 0.845. The zero-order valence-electron chi connectivity index (χ0n) is 40.0. The number of rotatable bonds is 20. The number of likely N-dealkylation sites (tertiary alicyclic amines) is 1. The van der Waals surface area contributed by atoms with Crippen molar-refractivity contribution in [3.05, 3.63) is 100 Å². The first-order valence-corrected chi connectivity index (χ1v) is 24.9. The van der Waals surface area contributed by atoms with Crippen LogP contribution in [0.3, 0.4) is 0 Å². The van der Waals surface area contributed by atoms with Crippen molar-refractivity contribution in [2.45, 2.75) is 141 Å². The highest BCUT2D eigenvalue weighted by Crippen LogP contribution is 2.39. The molecule has 4 aromatic rings. The number of hydrogen-bond donors (Lipinski definition) is 6. The highest BCUT2D eigenvalue weighted by molar-refractivity contribution is 7.13. The van der Waals surface area contributed by atoms with Gasteiger partial charge in [0.05, 0.1) is 40.0 Å². The molecule has 0 unspecified atom stereocenters. The van der Waals surface area contributed by atoms with Crippen LogP contribution in [0.1, 0.15) is 100 Å². The van der Waals surface area contributed by atoms with Crippen LogP contribution in [0.5, 0.6) is 5.75 Å². The minimum absolute atomic E-state index is 0.00130. The first kappa shape index (κ1) is 50.7. The maximum Gasteiger partial charge on any atom is 0.246 e. The number of ether oxygens (including phenoxy) is 1. The van der Waals surface area contributed by atoms with E-state index in [0.29, 0.717) is 31.4 Å². The van der Waals surface area contributed by atoms with Crippen molar-refractivity contribution < 1.29 is 38.6 Å². The third-order valence-corrected chi connectivity index (χ3v) is 14.3. The zero-order chi connectivity index (χ0) is 49.4. The summed E-state index contributed by atoms with van der Waals surface area (Å²) < 4.78 is 6.09. The van der Waals surface area contributed by atoms with Crippen molar-refractivity contribution >= 4 is 52.5 Å². The molecular weight excluding hydrogens is 897 g/mol. The Kier molecular flexibility index (Phi) is 16.5. The van der Waals surface area contributed by atoms with E-state index < -0.39 is 53.5 Å². The Labute approximate surface area is 407 Å². The first-order valence-electron chi connectivity index (χ1n) is 24.0. The van der Waals surface area contributed by atoms with E-state index in [4.69, 9.17) is 16.2 Å². The summed E-state index contributed by atoms with van der Waals surface area (Å²) >= 11 is 1.57. The molecule has 0 aliphatic carbocycles. The van der Waals surface area contributed by atoms with Crippen LogP contribution in [0.4, 0.5) is 5.69 Å². The summed E-state index contributed by atoms with van der Waals surface area (Å²) in [7, 11) is 0. The zero-order valence-corrected chi connectivity index (χ0v) is 40.8. The van der Waals surface area contributed by atoms with Crippen molar-refractivity contribution in [2.75, 3.05) is 18.1 Å². The van der Waals surface area contributed by atoms with E-state index >= 15 is 0 Å². The molecule has 3 aliphatic rings. The minimum Gasteiger partial charge on any atom is -0.491 e. The van der Waals surface area contributed by atoms with E-state index in [-0.39, 0.29) is 69.0 Å². The van der Waals surface area contributed by atoms with E-state index in [1.54, 1.807) is 16.2 Å². The van der Waals surface area contributed by atoms with E-state index in [2.05, 4.69) is 20.9 Å². The van der Waals surface area contributed by atoms with Crippen LogP contribution in [0, 0.1) is 12.3 Å². The number of amides is 6. The fourth-order valence-electron chi connectivity index (χ4n) is 9.43. The lowest BCUT2D eigenvalue weighted by atomic mass is 9.85. The van der Waals surface area contributed by atoms with Gasteiger partial charge in [-0.15, -0.1) is 11.3 Å². The molecule has 0 spiro atoms. The number of carbonyl (C=O) groups excluding carboxylic acids is 6. The predicted octanol–water partition coefficient (Wildman–Crippen LogP) is 4.39. The average Bonchev–Trinajstić information content (AvgIpc) is 4.04. The number of aryl methyl sites for hydroxylation is 3. The van der Waals surface area contributed by atoms with Gasteiger partial charge in [0.2, 0.25) is 35.4 Å². The number of benzene rings is 3. The standard InChI is InChI=1S/C52H66N8O8S/c1-31-46(69-30-56-31)35-17-13-33(14-18-35)27-55-48(64)41-26-38(61)28-59(41)51(67)47(52(2,3)4)58-44(63)12-7-5-6-9-32-15-21-39(22-16-32)68-29-37(20-24-43(54)62)57-49(65)42-25-36-11-8-10-34-19-23-40(53)50(66)60(42)45(34)36/h8,10-11,13-18,21-22,30,37-38,40-42,47,61H,5-7,9,12,19-20,23-29,53H2,1-4H3,(H2,54,62)(H,55,64)(H,57,65)(H,58,63)/t37-,38+,40-,41-,42-,47+/m0/s1. The second-order valence-electron chi connectivity index (χ2n) is 19.7. The van der Waals surface area contributed by atoms with Crippen LogP contribution in [0.15, 0.2) is 72.2 Å². The maximum absolute atomic E-state index is 14.1. The van der Waals surface area contributed by atoms with Gasteiger partial charge in [-0.3, -0.25) is 33.7 Å². The number of β-amino-alcohol motifs (C(OH)–C–C–N with tert-alkyl or cyclic N) is 1. The van der Waals surface area contributed by atoms with Gasteiger partial charge in [0, 0.05) is 38.8 Å². The Morgan fingerprint density at radius 1 is 0.913 bits per heavy atom. The molecule has 7 rings (SSSR count). The first-order chi connectivity index (χ1) is 33.0. The van der Waals surface area contributed by atoms with Crippen LogP contribution in [-0.4, -0.2) is 99.9 Å². The van der Waals surface area contributed by atoms with E-state index in [0.717, 1.165) is 63.3 Å². The van der Waals surface area contributed by atoms with Gasteiger partial charge in [-0.05, 0) is 90.8 Å². The molecule has 69 heavy (non-hydrogen) atoms. The van der Waals surface area contributed by atoms with Crippen molar-refractivity contribution in [3.8, 4) is 16.2 Å². The summed E-state index contributed by atoms with van der Waals surface area (Å²) in [5, 5.41) is 19.5. The van der Waals surface area contributed by atoms with Gasteiger partial charge in [0.15, 0.2) is 0 Å². The van der Waals surface area contributed by atoms with Crippen LogP contribution >= 0.6 is 11.3 Å². The summed E-state index contributed by atoms with van der Waals surface area (Å²) in [6.07, 6.45) is 4.29. The Morgan fingerprint density at radius 3 is 2.33 bits per heavy atom. The summed E-state index contributed by atoms with van der Waals surface area (Å²) in [6, 6.07) is 17.6. The third kappa shape index (κ3) is 12.7. The molecule has 6 atom stereocenters. The molecule has 368 valence electrons. The molecule has 0 saturated carbocycles. The van der Waals surface area contributed by atoms with Crippen LogP contribution in [0.25, 0.3) is 10.4 Å². The van der Waals surface area contributed by atoms with E-state index in [9.17, 15) is 33.9 Å². The number of nitrogens with two attached hydrogens (primary N) is 2. The molecule has 1 saturated heterocycles. The minimum atomic E-state index is -0.901. The molecular formula is C52H66N8O8S. The predicted molar refractivity (Wildman–Crippen MR) is 264 cm³/mol. The van der Waals surface area contributed by atoms with Gasteiger partial charge in [0.25, 0.3) is 0 Å². The van der Waals surface area contributed by atoms with Gasteiger partial charge in [0.1, 0.15) is 30.5 Å². The molecule has 16 nitrogen and oxygen atoms in total. The van der Waals surface area contributed by atoms with E-state index in [1.165, 1.54) is 4.90 Å². The largest absolute Gasteiger partial charge is 0.491 e. The monoisotopic (exact) mass is 962 g/mol. The molecule has 1 fully saturated rings. The Hall–Kier alpha value is -6.17. The van der Waals surface area contributed by atoms with Crippen molar-refractivity contribution in [1.82, 2.24) is 25.8 Å². The SMILES string of the molecule is Cc1ncsc1-c1ccc(CNC(=O)[C@@H]2C[C@@H](O)CN2C(=O)[C@@H](NC(=O)CCCCCc2ccc(OC[C@H](CCC(N)=O)NC(=O)[C@@H]3Cc4cccc5c4N3C(=O)[C@@H](N)CC5)cc2)C(C)(C)C)cc1. The van der Waals surface area contributed by atoms with Crippen molar-refractivity contribution in [3.63, 3.8) is 0 Å². The summed E-state index contributed by atoms with van der Waals surface area (Å²) in [5.74, 6) is -1.54. The summed E-state index contributed by atoms with van der Waals surface area (Å²) in [5.41, 5.74) is 19.5. The normalized spacial score (nSPS) is 19.6. The number of thiazole rings is 1. The number of hydrogen-bond acceptors (Lipinski definition) is 11. The molecule has 6 amide bonds. The number of para-hydroxylation sites is 1. The van der Waals surface area contributed by atoms with Crippen molar-refractivity contribution in [1.29, 1.82) is 0 Å². The summed E-state index contributed by atoms with van der Waals surface area (Å²) in [6.45, 7) is 7.91. The van der Waals surface area contributed by atoms with Crippen LogP contribution in [-0.2, 0) is 54.6 Å². The number of anilines is 1. The molecule has 3 aromatic carbocycles. The molecule has 3 aliphatic heterocycles. The van der Waals surface area contributed by atoms with Gasteiger partial charge in [-0.25, -0.2) is 4.98 Å².